The molecule has 0 bridgehead atoms. The van der Waals surface area contributed by atoms with Crippen molar-refractivity contribution >= 4 is 23.5 Å². The van der Waals surface area contributed by atoms with Gasteiger partial charge in [-0.1, -0.05) is 20.8 Å². The van der Waals surface area contributed by atoms with Crippen molar-refractivity contribution in [1.82, 2.24) is 10.7 Å². The molecule has 6 nitrogen and oxygen atoms in total. The molecule has 27 heavy (non-hydrogen) atoms. The molecular formula is C20H31N3O3S. The van der Waals surface area contributed by atoms with E-state index in [1.807, 2.05) is 6.07 Å². The first-order chi connectivity index (χ1) is 12.8. The molecule has 1 aromatic rings. The highest BCUT2D eigenvalue weighted by atomic mass is 32.1. The van der Waals surface area contributed by atoms with Crippen LogP contribution in [0.1, 0.15) is 45.6 Å². The molecule has 2 atom stereocenters. The summed E-state index contributed by atoms with van der Waals surface area (Å²) in [5.74, 6) is 2.54. The van der Waals surface area contributed by atoms with Crippen LogP contribution in [0.2, 0.25) is 0 Å². The maximum absolute atomic E-state index is 5.40. The average molecular weight is 394 g/mol. The molecule has 2 rings (SSSR count). The lowest BCUT2D eigenvalue weighted by Gasteiger charge is -2.39. The Morgan fingerprint density at radius 3 is 2.33 bits per heavy atom. The van der Waals surface area contributed by atoms with E-state index in [-0.39, 0.29) is 0 Å². The van der Waals surface area contributed by atoms with Gasteiger partial charge in [-0.2, -0.15) is 5.10 Å². The zero-order valence-corrected chi connectivity index (χ0v) is 17.9. The van der Waals surface area contributed by atoms with Crippen LogP contribution in [0.4, 0.5) is 0 Å². The Labute approximate surface area is 167 Å². The minimum Gasteiger partial charge on any atom is -0.496 e. The van der Waals surface area contributed by atoms with E-state index >= 15 is 0 Å². The van der Waals surface area contributed by atoms with Gasteiger partial charge in [0.15, 0.2) is 16.6 Å². The van der Waals surface area contributed by atoms with Crippen molar-refractivity contribution < 1.29 is 14.2 Å². The Morgan fingerprint density at radius 1 is 1.11 bits per heavy atom. The molecule has 0 unspecified atom stereocenters. The van der Waals surface area contributed by atoms with E-state index in [1.165, 1.54) is 6.42 Å². The van der Waals surface area contributed by atoms with Crippen LogP contribution in [0.5, 0.6) is 17.2 Å². The molecule has 1 fully saturated rings. The number of hydrazone groups is 1. The largest absolute Gasteiger partial charge is 0.496 e. The molecular weight excluding hydrogens is 362 g/mol. The predicted molar refractivity (Wildman–Crippen MR) is 113 cm³/mol. The smallest absolute Gasteiger partial charge is 0.187 e. The van der Waals surface area contributed by atoms with Crippen LogP contribution in [0, 0.1) is 11.3 Å². The SMILES string of the molecule is COc1cc(OC)c(OC)cc1/C=N\NC(=S)N[C@@H]1C[C@H](C)CC(C)(C)C1. The number of nitrogens with zero attached hydrogens (tertiary/aromatic N) is 1. The number of thiocarbonyl (C=S) groups is 1. The summed E-state index contributed by atoms with van der Waals surface area (Å²) in [4.78, 5) is 0. The number of hydrogen-bond donors (Lipinski definition) is 2. The van der Waals surface area contributed by atoms with Gasteiger partial charge in [0.05, 0.1) is 27.5 Å². The molecule has 0 saturated heterocycles. The average Bonchev–Trinajstić information content (AvgIpc) is 2.59. The molecule has 0 amide bonds. The number of ether oxygens (including phenoxy) is 3. The zero-order valence-electron chi connectivity index (χ0n) is 17.1. The lowest BCUT2D eigenvalue weighted by molar-refractivity contribution is 0.161. The monoisotopic (exact) mass is 393 g/mol. The minimum atomic E-state index is 0.335. The molecule has 1 aromatic carbocycles. The van der Waals surface area contributed by atoms with Gasteiger partial charge in [0.1, 0.15) is 5.75 Å². The number of methoxy groups -OCH3 is 3. The molecule has 0 aromatic heterocycles. The maximum atomic E-state index is 5.40. The molecule has 2 N–H and O–H groups in total. The fourth-order valence-electron chi connectivity index (χ4n) is 3.99. The number of rotatable bonds is 6. The van der Waals surface area contributed by atoms with E-state index in [0.717, 1.165) is 18.4 Å². The van der Waals surface area contributed by atoms with E-state index in [9.17, 15) is 0 Å². The lowest BCUT2D eigenvalue weighted by Crippen LogP contribution is -2.45. The Bertz CT molecular complexity index is 691. The van der Waals surface area contributed by atoms with Crippen molar-refractivity contribution in [2.24, 2.45) is 16.4 Å². The van der Waals surface area contributed by atoms with Gasteiger partial charge in [0.25, 0.3) is 0 Å². The third-order valence-electron chi connectivity index (χ3n) is 4.83. The predicted octanol–water partition coefficient (Wildman–Crippen LogP) is 3.73. The molecule has 0 heterocycles. The molecule has 0 spiro atoms. The van der Waals surface area contributed by atoms with Crippen LogP contribution in [0.15, 0.2) is 17.2 Å². The van der Waals surface area contributed by atoms with Crippen LogP contribution in [0.25, 0.3) is 0 Å². The summed E-state index contributed by atoms with van der Waals surface area (Å²) in [6, 6.07) is 3.95. The molecule has 7 heteroatoms. The highest BCUT2D eigenvalue weighted by Gasteiger charge is 2.32. The van der Waals surface area contributed by atoms with Crippen molar-refractivity contribution in [3.63, 3.8) is 0 Å². The number of benzene rings is 1. The summed E-state index contributed by atoms with van der Waals surface area (Å²) in [6.45, 7) is 6.93. The highest BCUT2D eigenvalue weighted by Crippen LogP contribution is 2.38. The molecule has 0 radical (unpaired) electrons. The van der Waals surface area contributed by atoms with Crippen molar-refractivity contribution in [1.29, 1.82) is 0 Å². The van der Waals surface area contributed by atoms with Gasteiger partial charge in [-0.25, -0.2) is 0 Å². The lowest BCUT2D eigenvalue weighted by atomic mass is 9.71. The fourth-order valence-corrected chi connectivity index (χ4v) is 4.21. The fraction of sp³-hybridized carbons (Fsp3) is 0.600. The third-order valence-corrected chi connectivity index (χ3v) is 5.04. The molecule has 0 aliphatic heterocycles. The summed E-state index contributed by atoms with van der Waals surface area (Å²) >= 11 is 5.40. The number of nitrogens with one attached hydrogen (secondary N) is 2. The second-order valence-electron chi connectivity index (χ2n) is 7.90. The standard InChI is InChI=1S/C20H31N3O3S/c1-13-7-15(11-20(2,3)10-13)22-19(27)23-21-12-14-8-17(25-5)18(26-6)9-16(14)24-4/h8-9,12-13,15H,7,10-11H2,1-6H3,(H2,22,23,27)/b21-12-/t13-,15+/m0/s1. The summed E-state index contributed by atoms with van der Waals surface area (Å²) in [5.41, 5.74) is 4.00. The van der Waals surface area contributed by atoms with Crippen molar-refractivity contribution in [3.8, 4) is 17.2 Å². The second kappa shape index (κ2) is 9.26. The van der Waals surface area contributed by atoms with Crippen molar-refractivity contribution in [2.75, 3.05) is 21.3 Å². The van der Waals surface area contributed by atoms with Crippen LogP contribution < -0.4 is 25.0 Å². The van der Waals surface area contributed by atoms with Crippen LogP contribution in [-0.4, -0.2) is 38.7 Å². The van der Waals surface area contributed by atoms with Gasteiger partial charge in [-0.05, 0) is 48.9 Å². The van der Waals surface area contributed by atoms with Crippen LogP contribution in [-0.2, 0) is 0 Å². The maximum Gasteiger partial charge on any atom is 0.187 e. The van der Waals surface area contributed by atoms with Crippen molar-refractivity contribution in [2.45, 2.75) is 46.1 Å². The molecule has 150 valence electrons. The quantitative estimate of drug-likeness (QED) is 0.436. The first-order valence-electron chi connectivity index (χ1n) is 9.17. The van der Waals surface area contributed by atoms with E-state index in [1.54, 1.807) is 33.6 Å². The first kappa shape index (κ1) is 21.3. The normalized spacial score (nSPS) is 21.6. The number of hydrogen-bond acceptors (Lipinski definition) is 5. The Hall–Kier alpha value is -2.02. The molecule has 1 aliphatic rings. The second-order valence-corrected chi connectivity index (χ2v) is 8.31. The van der Waals surface area contributed by atoms with Crippen LogP contribution >= 0.6 is 12.2 Å². The van der Waals surface area contributed by atoms with Gasteiger partial charge in [-0.15, -0.1) is 0 Å². The van der Waals surface area contributed by atoms with E-state index in [0.29, 0.717) is 39.7 Å². The highest BCUT2D eigenvalue weighted by molar-refractivity contribution is 7.80. The zero-order chi connectivity index (χ0) is 20.0. The van der Waals surface area contributed by atoms with Gasteiger partial charge < -0.3 is 19.5 Å². The Kier molecular flexibility index (Phi) is 7.30. The van der Waals surface area contributed by atoms with E-state index in [4.69, 9.17) is 26.4 Å². The molecule has 1 aliphatic carbocycles. The summed E-state index contributed by atoms with van der Waals surface area (Å²) < 4.78 is 16.0. The minimum absolute atomic E-state index is 0.335. The summed E-state index contributed by atoms with van der Waals surface area (Å²) in [7, 11) is 4.78. The van der Waals surface area contributed by atoms with Gasteiger partial charge in [-0.3, -0.25) is 5.43 Å². The Balaban J connectivity index is 1.99. The van der Waals surface area contributed by atoms with Gasteiger partial charge >= 0.3 is 0 Å². The summed E-state index contributed by atoms with van der Waals surface area (Å²) in [5, 5.41) is 8.17. The van der Waals surface area contributed by atoms with Gasteiger partial charge in [0, 0.05) is 17.7 Å². The first-order valence-corrected chi connectivity index (χ1v) is 9.58. The van der Waals surface area contributed by atoms with E-state index < -0.39 is 0 Å². The van der Waals surface area contributed by atoms with Gasteiger partial charge in [0.2, 0.25) is 0 Å². The Morgan fingerprint density at radius 2 is 1.74 bits per heavy atom. The van der Waals surface area contributed by atoms with Crippen LogP contribution in [0.3, 0.4) is 0 Å². The third kappa shape index (κ3) is 5.99. The van der Waals surface area contributed by atoms with Crippen molar-refractivity contribution in [3.05, 3.63) is 17.7 Å². The summed E-state index contributed by atoms with van der Waals surface area (Å²) in [6.07, 6.45) is 5.13. The molecule has 1 saturated carbocycles. The topological polar surface area (TPSA) is 64.1 Å². The van der Waals surface area contributed by atoms with E-state index in [2.05, 4.69) is 36.6 Å².